The molecule has 1 atom stereocenters. The van der Waals surface area contributed by atoms with Crippen LogP contribution in [0.2, 0.25) is 0 Å². The van der Waals surface area contributed by atoms with Crippen molar-refractivity contribution in [3.05, 3.63) is 53.9 Å². The first kappa shape index (κ1) is 15.6. The van der Waals surface area contributed by atoms with E-state index in [0.29, 0.717) is 13.1 Å². The number of rotatable bonds is 4. The summed E-state index contributed by atoms with van der Waals surface area (Å²) < 4.78 is 29.1. The lowest BCUT2D eigenvalue weighted by atomic mass is 9.98. The van der Waals surface area contributed by atoms with Gasteiger partial charge in [0, 0.05) is 31.5 Å². The number of halogens is 2. The zero-order valence-corrected chi connectivity index (χ0v) is 12.8. The maximum Gasteiger partial charge on any atom is 0.257 e. The van der Waals surface area contributed by atoms with E-state index in [1.54, 1.807) is 11.1 Å². The zero-order chi connectivity index (χ0) is 16.2. The normalized spacial score (nSPS) is 18.2. The predicted octanol–water partition coefficient (Wildman–Crippen LogP) is 3.25. The van der Waals surface area contributed by atoms with Crippen LogP contribution in [0.4, 0.5) is 8.78 Å². The molecule has 3 rings (SSSR count). The van der Waals surface area contributed by atoms with Crippen LogP contribution in [0.1, 0.15) is 36.0 Å². The summed E-state index contributed by atoms with van der Waals surface area (Å²) in [5, 5.41) is 4.16. The van der Waals surface area contributed by atoms with Crippen molar-refractivity contribution in [3.63, 3.8) is 0 Å². The number of hydrogen-bond acceptors (Lipinski definition) is 2. The number of aromatic nitrogens is 2. The molecule has 122 valence electrons. The Hall–Kier alpha value is -2.24. The van der Waals surface area contributed by atoms with Crippen molar-refractivity contribution in [2.45, 2.75) is 38.3 Å². The molecule has 23 heavy (non-hydrogen) atoms. The Kier molecular flexibility index (Phi) is 4.69. The standard InChI is InChI=1S/C17H19F2N3O/c18-15-7-3-6-14(16(15)19)17(23)22-11-2-1-5-13(22)8-12-21-10-4-9-20-21/h3-4,6-7,9-10,13H,1-2,5,8,11-12H2/t13-/m1/s1. The summed E-state index contributed by atoms with van der Waals surface area (Å²) in [6, 6.07) is 5.63. The number of benzene rings is 1. The van der Waals surface area contributed by atoms with Gasteiger partial charge in [0.05, 0.1) is 5.56 Å². The van der Waals surface area contributed by atoms with Crippen LogP contribution in [0.5, 0.6) is 0 Å². The second-order valence-corrected chi connectivity index (χ2v) is 5.81. The van der Waals surface area contributed by atoms with E-state index < -0.39 is 17.5 Å². The van der Waals surface area contributed by atoms with E-state index in [2.05, 4.69) is 5.10 Å². The lowest BCUT2D eigenvalue weighted by Crippen LogP contribution is -2.44. The molecule has 0 saturated carbocycles. The smallest absolute Gasteiger partial charge is 0.257 e. The second kappa shape index (κ2) is 6.89. The van der Waals surface area contributed by atoms with Gasteiger partial charge in [0.2, 0.25) is 0 Å². The molecule has 1 amide bonds. The number of carbonyl (C=O) groups is 1. The molecule has 0 spiro atoms. The Morgan fingerprint density at radius 2 is 2.13 bits per heavy atom. The summed E-state index contributed by atoms with van der Waals surface area (Å²) in [7, 11) is 0. The zero-order valence-electron chi connectivity index (χ0n) is 12.8. The van der Waals surface area contributed by atoms with Crippen molar-refractivity contribution in [1.29, 1.82) is 0 Å². The molecule has 1 aromatic carbocycles. The van der Waals surface area contributed by atoms with Gasteiger partial charge in [-0.1, -0.05) is 6.07 Å². The average molecular weight is 319 g/mol. The molecular weight excluding hydrogens is 300 g/mol. The van der Waals surface area contributed by atoms with Crippen LogP contribution in [0.25, 0.3) is 0 Å². The lowest BCUT2D eigenvalue weighted by Gasteiger charge is -2.36. The molecule has 0 bridgehead atoms. The number of nitrogens with zero attached hydrogens (tertiary/aromatic N) is 3. The second-order valence-electron chi connectivity index (χ2n) is 5.81. The maximum atomic E-state index is 13.9. The van der Waals surface area contributed by atoms with Crippen molar-refractivity contribution in [2.24, 2.45) is 0 Å². The van der Waals surface area contributed by atoms with E-state index in [-0.39, 0.29) is 11.6 Å². The van der Waals surface area contributed by atoms with Gasteiger partial charge < -0.3 is 4.90 Å². The van der Waals surface area contributed by atoms with Crippen molar-refractivity contribution < 1.29 is 13.6 Å². The molecule has 2 aromatic rings. The van der Waals surface area contributed by atoms with E-state index in [1.165, 1.54) is 12.1 Å². The number of hydrogen-bond donors (Lipinski definition) is 0. The van der Waals surface area contributed by atoms with Crippen molar-refractivity contribution in [1.82, 2.24) is 14.7 Å². The Labute approximate surface area is 133 Å². The molecule has 1 fully saturated rings. The highest BCUT2D eigenvalue weighted by Gasteiger charge is 2.29. The fourth-order valence-corrected chi connectivity index (χ4v) is 3.11. The fourth-order valence-electron chi connectivity index (χ4n) is 3.11. The number of aryl methyl sites for hydroxylation is 1. The number of piperidine rings is 1. The van der Waals surface area contributed by atoms with Crippen LogP contribution in [-0.4, -0.2) is 33.2 Å². The number of amides is 1. The van der Waals surface area contributed by atoms with Gasteiger partial charge >= 0.3 is 0 Å². The predicted molar refractivity (Wildman–Crippen MR) is 81.9 cm³/mol. The lowest BCUT2D eigenvalue weighted by molar-refractivity contribution is 0.0588. The van der Waals surface area contributed by atoms with Crippen molar-refractivity contribution in [3.8, 4) is 0 Å². The van der Waals surface area contributed by atoms with E-state index in [9.17, 15) is 13.6 Å². The van der Waals surface area contributed by atoms with Gasteiger partial charge in [-0.2, -0.15) is 5.10 Å². The summed E-state index contributed by atoms with van der Waals surface area (Å²) in [6.45, 7) is 1.28. The Balaban J connectivity index is 1.75. The minimum Gasteiger partial charge on any atom is -0.336 e. The summed E-state index contributed by atoms with van der Waals surface area (Å²) in [5.74, 6) is -2.47. The molecule has 0 N–H and O–H groups in total. The van der Waals surface area contributed by atoms with E-state index in [0.717, 1.165) is 31.7 Å². The maximum absolute atomic E-state index is 13.9. The number of likely N-dealkylation sites (tertiary alicyclic amines) is 1. The monoisotopic (exact) mass is 319 g/mol. The topological polar surface area (TPSA) is 38.1 Å². The third kappa shape index (κ3) is 3.41. The largest absolute Gasteiger partial charge is 0.336 e. The molecular formula is C17H19F2N3O. The van der Waals surface area contributed by atoms with Gasteiger partial charge in [0.1, 0.15) is 0 Å². The van der Waals surface area contributed by atoms with Gasteiger partial charge in [0.15, 0.2) is 11.6 Å². The van der Waals surface area contributed by atoms with E-state index in [4.69, 9.17) is 0 Å². The Morgan fingerprint density at radius 1 is 1.26 bits per heavy atom. The quantitative estimate of drug-likeness (QED) is 0.867. The van der Waals surface area contributed by atoms with E-state index in [1.807, 2.05) is 16.9 Å². The summed E-state index contributed by atoms with van der Waals surface area (Å²) in [4.78, 5) is 14.3. The minimum absolute atomic E-state index is 0.0307. The summed E-state index contributed by atoms with van der Waals surface area (Å²) in [5.41, 5.74) is -0.184. The summed E-state index contributed by atoms with van der Waals surface area (Å²) >= 11 is 0. The van der Waals surface area contributed by atoms with Crippen molar-refractivity contribution >= 4 is 5.91 Å². The molecule has 6 heteroatoms. The first-order valence-corrected chi connectivity index (χ1v) is 7.89. The van der Waals surface area contributed by atoms with Gasteiger partial charge in [-0.3, -0.25) is 9.48 Å². The minimum atomic E-state index is -1.06. The van der Waals surface area contributed by atoms with Crippen LogP contribution in [0.3, 0.4) is 0 Å². The number of carbonyl (C=O) groups excluding carboxylic acids is 1. The van der Waals surface area contributed by atoms with Gasteiger partial charge in [-0.25, -0.2) is 8.78 Å². The Bertz CT molecular complexity index is 672. The molecule has 1 aromatic heterocycles. The molecule has 1 saturated heterocycles. The van der Waals surface area contributed by atoms with Crippen LogP contribution in [0, 0.1) is 11.6 Å². The highest BCUT2D eigenvalue weighted by Crippen LogP contribution is 2.24. The fraction of sp³-hybridized carbons (Fsp3) is 0.412. The van der Waals surface area contributed by atoms with E-state index >= 15 is 0 Å². The van der Waals surface area contributed by atoms with Crippen LogP contribution in [-0.2, 0) is 6.54 Å². The molecule has 0 aliphatic carbocycles. The molecule has 1 aliphatic heterocycles. The first-order valence-electron chi connectivity index (χ1n) is 7.89. The third-order valence-corrected chi connectivity index (χ3v) is 4.32. The van der Waals surface area contributed by atoms with Gasteiger partial charge in [0.25, 0.3) is 5.91 Å². The Morgan fingerprint density at radius 3 is 2.91 bits per heavy atom. The van der Waals surface area contributed by atoms with Crippen LogP contribution in [0.15, 0.2) is 36.7 Å². The first-order chi connectivity index (χ1) is 11.2. The highest BCUT2D eigenvalue weighted by molar-refractivity contribution is 5.94. The van der Waals surface area contributed by atoms with Crippen molar-refractivity contribution in [2.75, 3.05) is 6.54 Å². The molecule has 4 nitrogen and oxygen atoms in total. The molecule has 1 aliphatic rings. The van der Waals surface area contributed by atoms with Gasteiger partial charge in [-0.05, 0) is 43.9 Å². The highest BCUT2D eigenvalue weighted by atomic mass is 19.2. The molecule has 0 unspecified atom stereocenters. The van der Waals surface area contributed by atoms with Crippen LogP contribution >= 0.6 is 0 Å². The summed E-state index contributed by atoms with van der Waals surface area (Å²) in [6.07, 6.45) is 7.15. The average Bonchev–Trinajstić information content (AvgIpc) is 3.09. The molecule has 0 radical (unpaired) electrons. The van der Waals surface area contributed by atoms with Crippen LogP contribution < -0.4 is 0 Å². The van der Waals surface area contributed by atoms with Gasteiger partial charge in [-0.15, -0.1) is 0 Å². The SMILES string of the molecule is O=C(c1cccc(F)c1F)N1CCCC[C@@H]1CCn1cccn1. The molecule has 2 heterocycles. The third-order valence-electron chi connectivity index (χ3n) is 4.32.